The lowest BCUT2D eigenvalue weighted by Gasteiger charge is -2.38. The zero-order valence-electron chi connectivity index (χ0n) is 14.7. The van der Waals surface area contributed by atoms with Crippen LogP contribution in [0.25, 0.3) is 0 Å². The molecule has 128 valence electrons. The summed E-state index contributed by atoms with van der Waals surface area (Å²) in [6.07, 6.45) is 1.37. The van der Waals surface area contributed by atoms with Gasteiger partial charge in [0, 0.05) is 25.4 Å². The monoisotopic (exact) mass is 321 g/mol. The third-order valence-corrected chi connectivity index (χ3v) is 3.82. The van der Waals surface area contributed by atoms with Crippen molar-refractivity contribution in [2.45, 2.75) is 58.3 Å². The first-order valence-electron chi connectivity index (χ1n) is 8.09. The molecule has 0 aliphatic carbocycles. The molecular weight excluding hydrogens is 294 g/mol. The Bertz CT molecular complexity index is 538. The van der Waals surface area contributed by atoms with Crippen molar-refractivity contribution < 1.29 is 19.0 Å². The van der Waals surface area contributed by atoms with Gasteiger partial charge in [-0.15, -0.1) is 0 Å². The molecule has 0 spiro atoms. The number of carbonyl (C=O) groups excluding carboxylic acids is 1. The fourth-order valence-electron chi connectivity index (χ4n) is 2.72. The van der Waals surface area contributed by atoms with E-state index in [0.29, 0.717) is 6.54 Å². The number of hydrogen-bond donors (Lipinski definition) is 0. The molecular formula is C18H27NO4. The van der Waals surface area contributed by atoms with Crippen molar-refractivity contribution in [2.75, 3.05) is 13.7 Å². The first-order chi connectivity index (χ1) is 10.8. The fraction of sp³-hybridized carbons (Fsp3) is 0.611. The van der Waals surface area contributed by atoms with Gasteiger partial charge in [0.2, 0.25) is 0 Å². The second-order valence-electron chi connectivity index (χ2n) is 6.94. The Morgan fingerprint density at radius 3 is 2.43 bits per heavy atom. The number of amides is 1. The minimum Gasteiger partial charge on any atom is -0.493 e. The summed E-state index contributed by atoms with van der Waals surface area (Å²) in [6.45, 7) is 8.31. The number of ether oxygens (including phenoxy) is 3. The van der Waals surface area contributed by atoms with Crippen LogP contribution in [0.15, 0.2) is 24.3 Å². The summed E-state index contributed by atoms with van der Waals surface area (Å²) in [5, 5.41) is 0. The molecule has 1 amide bonds. The summed E-state index contributed by atoms with van der Waals surface area (Å²) < 4.78 is 16.9. The number of benzene rings is 1. The molecule has 1 heterocycles. The van der Waals surface area contributed by atoms with Crippen molar-refractivity contribution in [3.63, 3.8) is 0 Å². The van der Waals surface area contributed by atoms with Crippen LogP contribution in [0.2, 0.25) is 0 Å². The van der Waals surface area contributed by atoms with Gasteiger partial charge < -0.3 is 19.1 Å². The molecule has 0 bridgehead atoms. The number of para-hydroxylation sites is 2. The molecule has 5 heteroatoms. The molecule has 0 unspecified atom stereocenters. The van der Waals surface area contributed by atoms with Gasteiger partial charge >= 0.3 is 6.09 Å². The van der Waals surface area contributed by atoms with Gasteiger partial charge in [-0.25, -0.2) is 4.79 Å². The van der Waals surface area contributed by atoms with E-state index in [1.165, 1.54) is 0 Å². The Morgan fingerprint density at radius 1 is 1.22 bits per heavy atom. The minimum atomic E-state index is -0.471. The molecule has 0 saturated carbocycles. The summed E-state index contributed by atoms with van der Waals surface area (Å²) in [4.78, 5) is 14.0. The molecule has 2 atom stereocenters. The summed E-state index contributed by atoms with van der Waals surface area (Å²) in [6, 6.07) is 7.72. The average molecular weight is 321 g/mol. The maximum atomic E-state index is 12.2. The molecule has 23 heavy (non-hydrogen) atoms. The van der Waals surface area contributed by atoms with Crippen molar-refractivity contribution in [3.8, 4) is 11.5 Å². The summed E-state index contributed by atoms with van der Waals surface area (Å²) >= 11 is 0. The first-order valence-corrected chi connectivity index (χ1v) is 8.09. The number of rotatable bonds is 3. The lowest BCUT2D eigenvalue weighted by atomic mass is 10.0. The van der Waals surface area contributed by atoms with Crippen molar-refractivity contribution in [2.24, 2.45) is 0 Å². The van der Waals surface area contributed by atoms with E-state index in [1.54, 1.807) is 12.0 Å². The number of hydrogen-bond acceptors (Lipinski definition) is 4. The van der Waals surface area contributed by atoms with Crippen LogP contribution in [-0.2, 0) is 4.74 Å². The predicted octanol–water partition coefficient (Wildman–Crippen LogP) is 3.86. The summed E-state index contributed by atoms with van der Waals surface area (Å²) in [5.41, 5.74) is -0.471. The molecule has 1 aliphatic heterocycles. The second kappa shape index (κ2) is 7.11. The molecule has 1 aromatic rings. The van der Waals surface area contributed by atoms with E-state index in [-0.39, 0.29) is 18.2 Å². The number of nitrogens with zero attached hydrogens (tertiary/aromatic N) is 1. The lowest BCUT2D eigenvalue weighted by Crippen LogP contribution is -2.49. The molecule has 1 aromatic carbocycles. The largest absolute Gasteiger partial charge is 0.493 e. The van der Waals surface area contributed by atoms with Crippen molar-refractivity contribution in [1.29, 1.82) is 0 Å². The van der Waals surface area contributed by atoms with Gasteiger partial charge in [-0.2, -0.15) is 0 Å². The van der Waals surface area contributed by atoms with Crippen LogP contribution in [0.3, 0.4) is 0 Å². The second-order valence-corrected chi connectivity index (χ2v) is 6.94. The van der Waals surface area contributed by atoms with E-state index in [9.17, 15) is 4.79 Å². The lowest BCUT2D eigenvalue weighted by molar-refractivity contribution is -0.00130. The maximum absolute atomic E-state index is 12.2. The Balaban J connectivity index is 1.95. The van der Waals surface area contributed by atoms with Gasteiger partial charge in [0.25, 0.3) is 0 Å². The van der Waals surface area contributed by atoms with E-state index in [2.05, 4.69) is 0 Å². The zero-order valence-corrected chi connectivity index (χ0v) is 14.7. The molecule has 5 nitrogen and oxygen atoms in total. The number of carbonyl (C=O) groups is 1. The standard InChI is InChI=1S/C18H27NO4/c1-13-12-14(22-16-9-7-6-8-15(16)21-5)10-11-19(13)17(20)23-18(2,3)4/h6-9,13-14H,10-12H2,1-5H3/t13-,14-/m0/s1. The topological polar surface area (TPSA) is 48.0 Å². The van der Waals surface area contributed by atoms with E-state index in [4.69, 9.17) is 14.2 Å². The Hall–Kier alpha value is -1.91. The van der Waals surface area contributed by atoms with E-state index >= 15 is 0 Å². The highest BCUT2D eigenvalue weighted by atomic mass is 16.6. The highest BCUT2D eigenvalue weighted by Gasteiger charge is 2.32. The highest BCUT2D eigenvalue weighted by Crippen LogP contribution is 2.30. The molecule has 1 fully saturated rings. The van der Waals surface area contributed by atoms with Crippen LogP contribution in [0.1, 0.15) is 40.5 Å². The van der Waals surface area contributed by atoms with E-state index < -0.39 is 5.60 Å². The number of likely N-dealkylation sites (tertiary alicyclic amines) is 1. The molecule has 1 saturated heterocycles. The summed E-state index contributed by atoms with van der Waals surface area (Å²) in [5.74, 6) is 1.48. The van der Waals surface area contributed by atoms with Crippen LogP contribution in [0, 0.1) is 0 Å². The third-order valence-electron chi connectivity index (χ3n) is 3.82. The average Bonchev–Trinajstić information content (AvgIpc) is 2.46. The molecule has 0 radical (unpaired) electrons. The van der Waals surface area contributed by atoms with Crippen LogP contribution in [0.4, 0.5) is 4.79 Å². The number of methoxy groups -OCH3 is 1. The Kier molecular flexibility index (Phi) is 5.39. The van der Waals surface area contributed by atoms with Gasteiger partial charge in [0.15, 0.2) is 11.5 Å². The SMILES string of the molecule is COc1ccccc1O[C@H]1CCN(C(=O)OC(C)(C)C)[C@@H](C)C1. The van der Waals surface area contributed by atoms with Crippen molar-refractivity contribution >= 4 is 6.09 Å². The van der Waals surface area contributed by atoms with Gasteiger partial charge in [-0.1, -0.05) is 12.1 Å². The quantitative estimate of drug-likeness (QED) is 0.848. The van der Waals surface area contributed by atoms with Crippen molar-refractivity contribution in [1.82, 2.24) is 4.90 Å². The first kappa shape index (κ1) is 17.4. The van der Waals surface area contributed by atoms with E-state index in [1.807, 2.05) is 52.0 Å². The Morgan fingerprint density at radius 2 is 1.87 bits per heavy atom. The van der Waals surface area contributed by atoms with Gasteiger partial charge in [0.1, 0.15) is 11.7 Å². The minimum absolute atomic E-state index is 0.0694. The van der Waals surface area contributed by atoms with Gasteiger partial charge in [0.05, 0.1) is 7.11 Å². The van der Waals surface area contributed by atoms with E-state index in [0.717, 1.165) is 24.3 Å². The van der Waals surface area contributed by atoms with Crippen LogP contribution in [0.5, 0.6) is 11.5 Å². The predicted molar refractivity (Wildman–Crippen MR) is 89.0 cm³/mol. The highest BCUT2D eigenvalue weighted by molar-refractivity contribution is 5.68. The smallest absolute Gasteiger partial charge is 0.410 e. The Labute approximate surface area is 138 Å². The van der Waals surface area contributed by atoms with Crippen LogP contribution >= 0.6 is 0 Å². The molecule has 0 aromatic heterocycles. The number of piperidine rings is 1. The van der Waals surface area contributed by atoms with Gasteiger partial charge in [-0.3, -0.25) is 0 Å². The fourth-order valence-corrected chi connectivity index (χ4v) is 2.72. The molecule has 2 rings (SSSR count). The maximum Gasteiger partial charge on any atom is 0.410 e. The van der Waals surface area contributed by atoms with Gasteiger partial charge in [-0.05, 0) is 39.8 Å². The van der Waals surface area contributed by atoms with Crippen LogP contribution < -0.4 is 9.47 Å². The van der Waals surface area contributed by atoms with Crippen molar-refractivity contribution in [3.05, 3.63) is 24.3 Å². The van der Waals surface area contributed by atoms with Crippen LogP contribution in [-0.4, -0.2) is 42.4 Å². The zero-order chi connectivity index (χ0) is 17.0. The summed E-state index contributed by atoms with van der Waals surface area (Å²) in [7, 11) is 1.63. The normalized spacial score (nSPS) is 21.7. The third kappa shape index (κ3) is 4.78. The molecule has 1 aliphatic rings. The molecule has 0 N–H and O–H groups in total.